The van der Waals surface area contributed by atoms with Gasteiger partial charge >= 0.3 is 0 Å². The second kappa shape index (κ2) is 19.0. The number of nitrogens with two attached hydrogens (primary N) is 1. The number of thiophene rings is 1. The minimum absolute atomic E-state index is 0.302. The highest BCUT2D eigenvalue weighted by molar-refractivity contribution is 7.87. The van der Waals surface area contributed by atoms with E-state index in [0.717, 1.165) is 55.1 Å². The van der Waals surface area contributed by atoms with Gasteiger partial charge in [-0.15, -0.1) is 22.7 Å². The van der Waals surface area contributed by atoms with Crippen molar-refractivity contribution in [1.82, 2.24) is 19.5 Å². The molecule has 1 atom stereocenters. The monoisotopic (exact) mass is 616 g/mol. The lowest BCUT2D eigenvalue weighted by molar-refractivity contribution is 0.681. The minimum atomic E-state index is -1.12. The summed E-state index contributed by atoms with van der Waals surface area (Å²) < 4.78 is 15.7. The number of nitrogen functional groups attached to an aromatic ring is 1. The van der Waals surface area contributed by atoms with Crippen LogP contribution in [0.25, 0.3) is 32.2 Å². The zero-order valence-electron chi connectivity index (χ0n) is 24.5. The topological polar surface area (TPSA) is 111 Å². The summed E-state index contributed by atoms with van der Waals surface area (Å²) in [5.74, 6) is 1.92. The average molecular weight is 617 g/mol. The Morgan fingerprint density at radius 2 is 1.71 bits per heavy atom. The number of hydrogen-bond donors (Lipinski definition) is 2. The van der Waals surface area contributed by atoms with Gasteiger partial charge < -0.3 is 15.7 Å². The summed E-state index contributed by atoms with van der Waals surface area (Å²) in [5.41, 5.74) is 24.0. The number of unbranched alkanes of at least 4 members (excludes halogenated alkanes) is 1. The molecule has 0 radical (unpaired) electrons. The van der Waals surface area contributed by atoms with Gasteiger partial charge in [-0.3, -0.25) is 4.21 Å². The summed E-state index contributed by atoms with van der Waals surface area (Å²) in [6, 6.07) is 2.03. The van der Waals surface area contributed by atoms with Crippen molar-refractivity contribution < 1.29 is 4.21 Å². The van der Waals surface area contributed by atoms with Crippen molar-refractivity contribution in [2.45, 2.75) is 43.7 Å². The first-order chi connectivity index (χ1) is 20.2. The maximum atomic E-state index is 12.9. The molecule has 0 saturated heterocycles. The summed E-state index contributed by atoms with van der Waals surface area (Å²) in [7, 11) is 0.899. The van der Waals surface area contributed by atoms with Gasteiger partial charge in [-0.05, 0) is 57.0 Å². The molecule has 0 aliphatic carbocycles. The van der Waals surface area contributed by atoms with Crippen LogP contribution in [0.5, 0.6) is 0 Å². The van der Waals surface area contributed by atoms with Gasteiger partial charge in [0, 0.05) is 41.2 Å². The fourth-order valence-electron chi connectivity index (χ4n) is 3.63. The lowest BCUT2D eigenvalue weighted by atomic mass is 10.1. The van der Waals surface area contributed by atoms with Crippen molar-refractivity contribution in [1.29, 1.82) is 5.41 Å². The van der Waals surface area contributed by atoms with Gasteiger partial charge in [-0.1, -0.05) is 50.1 Å². The van der Waals surface area contributed by atoms with E-state index in [1.807, 2.05) is 24.7 Å². The van der Waals surface area contributed by atoms with Crippen LogP contribution in [-0.4, -0.2) is 36.2 Å². The molecule has 3 N–H and O–H groups in total. The fourth-order valence-corrected chi connectivity index (χ4v) is 7.03. The highest BCUT2D eigenvalue weighted by Crippen LogP contribution is 2.43. The molecule has 0 aliphatic rings. The van der Waals surface area contributed by atoms with E-state index in [9.17, 15) is 4.21 Å². The molecule has 0 fully saturated rings. The second-order valence-corrected chi connectivity index (χ2v) is 12.1. The van der Waals surface area contributed by atoms with E-state index in [1.165, 1.54) is 11.3 Å². The van der Waals surface area contributed by atoms with E-state index in [-0.39, 0.29) is 0 Å². The Morgan fingerprint density at radius 3 is 2.17 bits per heavy atom. The van der Waals surface area contributed by atoms with Crippen LogP contribution in [0.1, 0.15) is 45.4 Å². The fraction of sp³-hybridized carbons (Fsp3) is 0.250. The smallest absolute Gasteiger partial charge is 0.141 e. The Balaban J connectivity index is 0.000000628. The Morgan fingerprint density at radius 1 is 1.10 bits per heavy atom. The molecule has 0 amide bonds. The third-order valence-corrected chi connectivity index (χ3v) is 9.17. The van der Waals surface area contributed by atoms with Gasteiger partial charge in [-0.25, -0.2) is 15.0 Å². The van der Waals surface area contributed by atoms with Crippen molar-refractivity contribution in [2.75, 3.05) is 11.5 Å². The molecular formula is C32H36N6OS3. The molecule has 218 valence electrons. The third-order valence-electron chi connectivity index (χ3n) is 5.38. The molecule has 4 rings (SSSR count). The first kappa shape index (κ1) is 35.8. The number of nitrogens with one attached hydrogen (secondary N) is 1. The zero-order valence-corrected chi connectivity index (χ0v) is 27.0. The van der Waals surface area contributed by atoms with Crippen LogP contribution in [0.4, 0.5) is 5.69 Å². The number of imidazole rings is 1. The maximum Gasteiger partial charge on any atom is 0.141 e. The number of aromatic nitrogens is 4. The van der Waals surface area contributed by atoms with Crippen molar-refractivity contribution >= 4 is 56.1 Å². The molecule has 1 unspecified atom stereocenters. The van der Waals surface area contributed by atoms with E-state index in [4.69, 9.17) is 16.1 Å². The number of hydrogen-bond acceptors (Lipinski definition) is 8. The maximum absolute atomic E-state index is 12.9. The zero-order chi connectivity index (χ0) is 31.7. The van der Waals surface area contributed by atoms with E-state index >= 15 is 0 Å². The second-order valence-electron chi connectivity index (χ2n) is 8.45. The Bertz CT molecular complexity index is 1650. The van der Waals surface area contributed by atoms with Crippen LogP contribution in [0.15, 0.2) is 88.8 Å². The van der Waals surface area contributed by atoms with E-state index in [1.54, 1.807) is 17.5 Å². The molecular weight excluding hydrogens is 581 g/mol. The first-order valence-electron chi connectivity index (χ1n) is 12.7. The molecule has 7 nitrogen and oxygen atoms in total. The highest BCUT2D eigenvalue weighted by atomic mass is 32.2. The molecule has 4 aromatic rings. The summed E-state index contributed by atoms with van der Waals surface area (Å²) in [6.07, 6.45) is 5.58. The van der Waals surface area contributed by atoms with Crippen molar-refractivity contribution in [3.05, 3.63) is 90.4 Å². The van der Waals surface area contributed by atoms with E-state index in [2.05, 4.69) is 103 Å². The summed E-state index contributed by atoms with van der Waals surface area (Å²) in [5, 5.41) is 9.15. The van der Waals surface area contributed by atoms with Gasteiger partial charge in [-0.2, -0.15) is 0 Å². The number of pyridine rings is 1. The third kappa shape index (κ3) is 9.39. The molecule has 10 heteroatoms. The number of nitrogens with zero attached hydrogens (tertiary/aromatic N) is 4. The summed E-state index contributed by atoms with van der Waals surface area (Å²) in [4.78, 5) is 14.7. The minimum Gasteiger partial charge on any atom is -0.396 e. The molecule has 0 spiro atoms. The SMILES string of the molecule is C=C=C=C=C.C=C=C=C=C.C=N.CCCCS(=O)c1sc2nc(-c3nccs3)cc(-c3cnc(C(C)C)n3C)c2c1N. The van der Waals surface area contributed by atoms with Crippen LogP contribution in [0.2, 0.25) is 0 Å². The summed E-state index contributed by atoms with van der Waals surface area (Å²) >= 11 is 2.98. The van der Waals surface area contributed by atoms with Gasteiger partial charge in [0.2, 0.25) is 0 Å². The Labute approximate surface area is 258 Å². The van der Waals surface area contributed by atoms with Crippen molar-refractivity contribution in [3.63, 3.8) is 0 Å². The first-order valence-corrected chi connectivity index (χ1v) is 15.7. The largest absolute Gasteiger partial charge is 0.396 e. The number of rotatable bonds is 7. The Kier molecular flexibility index (Phi) is 16.1. The highest BCUT2D eigenvalue weighted by Gasteiger charge is 2.23. The van der Waals surface area contributed by atoms with Crippen molar-refractivity contribution in [2.24, 2.45) is 7.05 Å². The van der Waals surface area contributed by atoms with E-state index < -0.39 is 10.8 Å². The van der Waals surface area contributed by atoms with Gasteiger partial charge in [0.15, 0.2) is 0 Å². The van der Waals surface area contributed by atoms with Gasteiger partial charge in [0.25, 0.3) is 0 Å². The van der Waals surface area contributed by atoms with Gasteiger partial charge in [0.05, 0.1) is 28.4 Å². The van der Waals surface area contributed by atoms with Crippen LogP contribution in [-0.2, 0) is 17.8 Å². The molecule has 4 heterocycles. The predicted molar refractivity (Wildman–Crippen MR) is 181 cm³/mol. The van der Waals surface area contributed by atoms with Crippen LogP contribution < -0.4 is 5.73 Å². The lowest BCUT2D eigenvalue weighted by Gasteiger charge is -2.11. The standard InChI is InChI=1S/C21H25N5OS3.2C5H4.CH3N/c1-5-6-9-30(27)21-17(22)16-13(15-11-24-18(12(2)3)26(15)4)10-14(25-20(16)29-21)19-23-7-8-28-19;2*1-3-5-4-2;1-2/h7-8,10-12H,5-6,9,22H2,1-4H3;2*1-2H2;2H,1H2. The average Bonchev–Trinajstić information content (AvgIpc) is 3.73. The summed E-state index contributed by atoms with van der Waals surface area (Å²) in [6.45, 7) is 21.7. The Hall–Kier alpha value is -4.27. The predicted octanol–water partition coefficient (Wildman–Crippen LogP) is 8.23. The molecule has 0 aliphatic heterocycles. The van der Waals surface area contributed by atoms with Gasteiger partial charge in [0.1, 0.15) is 25.6 Å². The van der Waals surface area contributed by atoms with Crippen molar-refractivity contribution in [3.8, 4) is 22.0 Å². The van der Waals surface area contributed by atoms with E-state index in [0.29, 0.717) is 17.4 Å². The number of thiazole rings is 1. The molecule has 0 bridgehead atoms. The molecule has 42 heavy (non-hydrogen) atoms. The van der Waals surface area contributed by atoms with Crippen LogP contribution >= 0.6 is 22.7 Å². The lowest BCUT2D eigenvalue weighted by Crippen LogP contribution is -2.02. The normalized spacial score (nSPS) is 10.0. The van der Waals surface area contributed by atoms with Crippen LogP contribution in [0.3, 0.4) is 0 Å². The molecule has 0 saturated carbocycles. The number of fused-ring (bicyclic) bond motifs is 1. The van der Waals surface area contributed by atoms with Crippen LogP contribution in [0, 0.1) is 5.41 Å². The number of anilines is 1. The molecule has 0 aromatic carbocycles. The molecule has 4 aromatic heterocycles. The quantitative estimate of drug-likeness (QED) is 0.160.